The summed E-state index contributed by atoms with van der Waals surface area (Å²) < 4.78 is 0. The summed E-state index contributed by atoms with van der Waals surface area (Å²) in [6.45, 7) is 9.24. The minimum absolute atomic E-state index is 0.213. The molecule has 138 valence electrons. The fourth-order valence-corrected chi connectivity index (χ4v) is 2.62. The summed E-state index contributed by atoms with van der Waals surface area (Å²) in [4.78, 5) is 31.1. The third-order valence-corrected chi connectivity index (χ3v) is 4.08. The number of hydrogen-bond acceptors (Lipinski definition) is 3. The molecule has 0 radical (unpaired) electrons. The van der Waals surface area contributed by atoms with Crippen LogP contribution in [0.5, 0.6) is 0 Å². The smallest absolute Gasteiger partial charge is 0.276 e. The quantitative estimate of drug-likeness (QED) is 0.823. The van der Waals surface area contributed by atoms with Crippen LogP contribution in [-0.2, 0) is 0 Å². The molecule has 0 unspecified atom stereocenters. The van der Waals surface area contributed by atoms with Gasteiger partial charge < -0.3 is 10.2 Å². The van der Waals surface area contributed by atoms with E-state index in [9.17, 15) is 9.59 Å². The van der Waals surface area contributed by atoms with Crippen molar-refractivity contribution < 1.29 is 9.59 Å². The van der Waals surface area contributed by atoms with Gasteiger partial charge >= 0.3 is 0 Å². The van der Waals surface area contributed by atoms with E-state index in [4.69, 9.17) is 0 Å². The minimum Gasteiger partial charge on any atom is -0.351 e. The van der Waals surface area contributed by atoms with Crippen LogP contribution in [0.3, 0.4) is 0 Å². The lowest BCUT2D eigenvalue weighted by Crippen LogP contribution is -2.32. The second kappa shape index (κ2) is 9.13. The third kappa shape index (κ3) is 5.15. The minimum atomic E-state index is -0.251. The van der Waals surface area contributed by atoms with Crippen LogP contribution in [0.2, 0.25) is 0 Å². The molecule has 26 heavy (non-hydrogen) atoms. The Morgan fingerprint density at radius 1 is 1.12 bits per heavy atom. The molecular weight excluding hydrogens is 326 g/mol. The summed E-state index contributed by atoms with van der Waals surface area (Å²) in [6.07, 6.45) is 0.904. The van der Waals surface area contributed by atoms with E-state index in [1.165, 1.54) is 0 Å². The van der Waals surface area contributed by atoms with Gasteiger partial charge in [0.2, 0.25) is 0 Å². The fourth-order valence-electron chi connectivity index (χ4n) is 2.62. The van der Waals surface area contributed by atoms with Gasteiger partial charge in [-0.15, -0.1) is 0 Å². The highest BCUT2D eigenvalue weighted by Crippen LogP contribution is 2.18. The number of carbonyl (C=O) groups is 2. The second-order valence-electron chi connectivity index (χ2n) is 6.73. The summed E-state index contributed by atoms with van der Waals surface area (Å²) in [6, 6.07) is 12.7. The van der Waals surface area contributed by atoms with Gasteiger partial charge in [-0.3, -0.25) is 9.59 Å². The molecule has 1 aromatic heterocycles. The van der Waals surface area contributed by atoms with Crippen molar-refractivity contribution in [2.75, 3.05) is 18.0 Å². The van der Waals surface area contributed by atoms with Gasteiger partial charge in [0.15, 0.2) is 0 Å². The number of anilines is 1. The van der Waals surface area contributed by atoms with Crippen molar-refractivity contribution >= 4 is 17.5 Å². The van der Waals surface area contributed by atoms with Gasteiger partial charge in [0.05, 0.1) is 0 Å². The number of aromatic nitrogens is 1. The molecule has 1 aromatic carbocycles. The maximum atomic E-state index is 12.9. The molecule has 0 aliphatic rings. The molecule has 5 nitrogen and oxygen atoms in total. The van der Waals surface area contributed by atoms with Gasteiger partial charge in [-0.2, -0.15) is 0 Å². The molecule has 0 aliphatic carbocycles. The Morgan fingerprint density at radius 2 is 1.81 bits per heavy atom. The SMILES string of the molecule is CCN(C(=O)c1cccc(C(=O)NCCC(C)C)n1)c1cccc(C)c1. The van der Waals surface area contributed by atoms with Crippen LogP contribution in [0.15, 0.2) is 42.5 Å². The van der Waals surface area contributed by atoms with Gasteiger partial charge in [-0.05, 0) is 56.0 Å². The molecule has 2 aromatic rings. The molecule has 5 heteroatoms. The number of carbonyl (C=O) groups excluding carboxylic acids is 2. The molecule has 0 spiro atoms. The standard InChI is InChI=1S/C21H27N3O2/c1-5-24(17-9-6-8-16(4)14-17)21(26)19-11-7-10-18(23-19)20(25)22-13-12-15(2)3/h6-11,14-15H,5,12-13H2,1-4H3,(H,22,25). The summed E-state index contributed by atoms with van der Waals surface area (Å²) in [5.74, 6) is 0.0532. The highest BCUT2D eigenvalue weighted by atomic mass is 16.2. The zero-order valence-electron chi connectivity index (χ0n) is 16.0. The van der Waals surface area contributed by atoms with Gasteiger partial charge in [0, 0.05) is 18.8 Å². The Kier molecular flexibility index (Phi) is 6.89. The number of amides is 2. The van der Waals surface area contributed by atoms with Crippen LogP contribution in [0, 0.1) is 12.8 Å². The van der Waals surface area contributed by atoms with E-state index in [0.717, 1.165) is 17.7 Å². The average Bonchev–Trinajstić information content (AvgIpc) is 2.62. The van der Waals surface area contributed by atoms with Crippen LogP contribution in [-0.4, -0.2) is 29.9 Å². The first kappa shape index (κ1) is 19.6. The van der Waals surface area contributed by atoms with Crippen LogP contribution in [0.1, 0.15) is 53.7 Å². The van der Waals surface area contributed by atoms with Crippen molar-refractivity contribution in [2.45, 2.75) is 34.1 Å². The summed E-state index contributed by atoms with van der Waals surface area (Å²) >= 11 is 0. The lowest BCUT2D eigenvalue weighted by Gasteiger charge is -2.21. The Balaban J connectivity index is 2.17. The van der Waals surface area contributed by atoms with Crippen molar-refractivity contribution in [3.05, 3.63) is 59.4 Å². The Hall–Kier alpha value is -2.69. The fraction of sp³-hybridized carbons (Fsp3) is 0.381. The van der Waals surface area contributed by atoms with E-state index in [-0.39, 0.29) is 23.2 Å². The highest BCUT2D eigenvalue weighted by Gasteiger charge is 2.19. The first-order valence-electron chi connectivity index (χ1n) is 9.06. The molecule has 1 heterocycles. The average molecular weight is 353 g/mol. The topological polar surface area (TPSA) is 62.3 Å². The van der Waals surface area contributed by atoms with Crippen LogP contribution < -0.4 is 10.2 Å². The molecular formula is C21H27N3O2. The molecule has 0 aliphatic heterocycles. The summed E-state index contributed by atoms with van der Waals surface area (Å²) in [7, 11) is 0. The number of aryl methyl sites for hydroxylation is 1. The summed E-state index contributed by atoms with van der Waals surface area (Å²) in [5, 5.41) is 2.85. The van der Waals surface area contributed by atoms with Crippen molar-refractivity contribution in [2.24, 2.45) is 5.92 Å². The van der Waals surface area contributed by atoms with Crippen molar-refractivity contribution in [3.8, 4) is 0 Å². The van der Waals surface area contributed by atoms with E-state index < -0.39 is 0 Å². The predicted molar refractivity (Wildman–Crippen MR) is 105 cm³/mol. The second-order valence-corrected chi connectivity index (χ2v) is 6.73. The number of hydrogen-bond donors (Lipinski definition) is 1. The maximum Gasteiger partial charge on any atom is 0.276 e. The monoisotopic (exact) mass is 353 g/mol. The zero-order chi connectivity index (χ0) is 19.1. The molecule has 2 amide bonds. The number of pyridine rings is 1. The van der Waals surface area contributed by atoms with Crippen LogP contribution in [0.4, 0.5) is 5.69 Å². The largest absolute Gasteiger partial charge is 0.351 e. The summed E-state index contributed by atoms with van der Waals surface area (Å²) in [5.41, 5.74) is 2.44. The first-order chi connectivity index (χ1) is 12.4. The van der Waals surface area contributed by atoms with E-state index >= 15 is 0 Å². The number of nitrogens with zero attached hydrogens (tertiary/aromatic N) is 2. The van der Waals surface area contributed by atoms with Crippen LogP contribution >= 0.6 is 0 Å². The predicted octanol–water partition coefficient (Wildman–Crippen LogP) is 3.83. The van der Waals surface area contributed by atoms with E-state index in [1.54, 1.807) is 23.1 Å². The lowest BCUT2D eigenvalue weighted by atomic mass is 10.1. The first-order valence-corrected chi connectivity index (χ1v) is 9.06. The molecule has 1 N–H and O–H groups in total. The van der Waals surface area contributed by atoms with Gasteiger partial charge in [0.1, 0.15) is 11.4 Å². The molecule has 0 saturated carbocycles. The van der Waals surface area contributed by atoms with Crippen molar-refractivity contribution in [3.63, 3.8) is 0 Å². The number of rotatable bonds is 7. The Bertz CT molecular complexity index is 771. The molecule has 0 atom stereocenters. The lowest BCUT2D eigenvalue weighted by molar-refractivity contribution is 0.0946. The van der Waals surface area contributed by atoms with Gasteiger partial charge in [-0.1, -0.05) is 32.0 Å². The highest BCUT2D eigenvalue weighted by molar-refractivity contribution is 6.05. The molecule has 0 saturated heterocycles. The molecule has 0 bridgehead atoms. The van der Waals surface area contributed by atoms with Gasteiger partial charge in [-0.25, -0.2) is 4.98 Å². The Morgan fingerprint density at radius 3 is 2.46 bits per heavy atom. The number of benzene rings is 1. The number of nitrogens with one attached hydrogen (secondary N) is 1. The van der Waals surface area contributed by atoms with E-state index in [0.29, 0.717) is 19.0 Å². The molecule has 0 fully saturated rings. The normalized spacial score (nSPS) is 10.7. The maximum absolute atomic E-state index is 12.9. The third-order valence-electron chi connectivity index (χ3n) is 4.08. The zero-order valence-corrected chi connectivity index (χ0v) is 16.0. The van der Waals surface area contributed by atoms with Crippen LogP contribution in [0.25, 0.3) is 0 Å². The van der Waals surface area contributed by atoms with E-state index in [2.05, 4.69) is 24.1 Å². The Labute approximate surface area is 155 Å². The van der Waals surface area contributed by atoms with Gasteiger partial charge in [0.25, 0.3) is 11.8 Å². The van der Waals surface area contributed by atoms with E-state index in [1.807, 2.05) is 38.1 Å². The van der Waals surface area contributed by atoms with Crippen molar-refractivity contribution in [1.29, 1.82) is 0 Å². The van der Waals surface area contributed by atoms with Crippen molar-refractivity contribution in [1.82, 2.24) is 10.3 Å². The molecule has 2 rings (SSSR count).